The summed E-state index contributed by atoms with van der Waals surface area (Å²) in [6, 6.07) is 8.91. The standard InChI is InChI=1S/C36H52N4O7Si/c1-23-31(34(41)38-26-9-11-27(12-10-26)39-35(42)43)32-28(14-15-37-32)33(40(23)22-44-18-19-48(3,4)5)29-20-25(36(2)46-16-17-47-36)8-13-30(29)45-21-24-6-7-24/h8,13-15,20,24,26-27,33,37,39H,6-7,9-12,16-19,21-22H2,1-5H3,(H,38,41)(H,42,43). The third-order valence-electron chi connectivity index (χ3n) is 10.1. The van der Waals surface area contributed by atoms with Crippen LogP contribution < -0.4 is 15.4 Å². The Morgan fingerprint density at radius 2 is 1.71 bits per heavy atom. The van der Waals surface area contributed by atoms with Gasteiger partial charge in [-0.25, -0.2) is 4.79 Å². The summed E-state index contributed by atoms with van der Waals surface area (Å²) >= 11 is 0. The van der Waals surface area contributed by atoms with Gasteiger partial charge in [-0.15, -0.1) is 0 Å². The van der Waals surface area contributed by atoms with Crippen LogP contribution in [-0.4, -0.2) is 80.3 Å². The Morgan fingerprint density at radius 3 is 2.35 bits per heavy atom. The number of fused-ring (bicyclic) bond motifs is 1. The number of benzene rings is 1. The van der Waals surface area contributed by atoms with E-state index in [1.54, 1.807) is 0 Å². The smallest absolute Gasteiger partial charge is 0.404 e. The number of allylic oxidation sites excluding steroid dienone is 1. The molecule has 4 aliphatic rings. The van der Waals surface area contributed by atoms with Crippen molar-refractivity contribution in [3.63, 3.8) is 0 Å². The number of carboxylic acid groups (broad SMARTS) is 1. The highest BCUT2D eigenvalue weighted by Crippen LogP contribution is 2.47. The summed E-state index contributed by atoms with van der Waals surface area (Å²) in [7, 11) is -1.32. The van der Waals surface area contributed by atoms with Crippen LogP contribution in [0.3, 0.4) is 0 Å². The number of carbonyl (C=O) groups excluding carboxylic acids is 1. The molecule has 6 rings (SSSR count). The highest BCUT2D eigenvalue weighted by Gasteiger charge is 2.40. The Hall–Kier alpha value is -3.32. The molecule has 0 bridgehead atoms. The molecule has 1 unspecified atom stereocenters. The third kappa shape index (κ3) is 7.93. The Labute approximate surface area is 284 Å². The van der Waals surface area contributed by atoms with Crippen molar-refractivity contribution in [2.75, 3.05) is 33.2 Å². The molecule has 0 spiro atoms. The van der Waals surface area contributed by atoms with Gasteiger partial charge in [-0.05, 0) is 88.6 Å². The number of hydrogen-bond donors (Lipinski definition) is 4. The van der Waals surface area contributed by atoms with E-state index in [-0.39, 0.29) is 24.0 Å². The van der Waals surface area contributed by atoms with Crippen molar-refractivity contribution in [2.45, 2.75) is 102 Å². The Kier molecular flexibility index (Phi) is 10.3. The van der Waals surface area contributed by atoms with Crippen LogP contribution in [0.1, 0.15) is 80.8 Å². The molecule has 2 amide bonds. The van der Waals surface area contributed by atoms with Gasteiger partial charge in [0.15, 0.2) is 5.79 Å². The van der Waals surface area contributed by atoms with Crippen LogP contribution in [-0.2, 0) is 24.8 Å². The fourth-order valence-electron chi connectivity index (χ4n) is 7.00. The zero-order valence-electron chi connectivity index (χ0n) is 29.0. The van der Waals surface area contributed by atoms with E-state index < -0.39 is 20.0 Å². The second-order valence-corrected chi connectivity index (χ2v) is 20.7. The molecule has 0 radical (unpaired) electrons. The average Bonchev–Trinajstić information content (AvgIpc) is 3.56. The number of amides is 2. The quantitative estimate of drug-likeness (QED) is 0.146. The highest BCUT2D eigenvalue weighted by molar-refractivity contribution is 6.76. The largest absolute Gasteiger partial charge is 0.493 e. The van der Waals surface area contributed by atoms with Crippen LogP contribution >= 0.6 is 0 Å². The summed E-state index contributed by atoms with van der Waals surface area (Å²) in [5.41, 5.74) is 5.07. The molecule has 12 heteroatoms. The number of aromatic nitrogens is 1. The zero-order chi connectivity index (χ0) is 34.1. The van der Waals surface area contributed by atoms with Gasteiger partial charge in [0.05, 0.1) is 37.1 Å². The predicted octanol–water partition coefficient (Wildman–Crippen LogP) is 6.17. The van der Waals surface area contributed by atoms with Gasteiger partial charge in [-0.2, -0.15) is 0 Å². The van der Waals surface area contributed by atoms with Crippen LogP contribution in [0.5, 0.6) is 5.75 Å². The summed E-state index contributed by atoms with van der Waals surface area (Å²) in [6.45, 7) is 13.7. The van der Waals surface area contributed by atoms with Crippen molar-refractivity contribution in [3.05, 3.63) is 58.5 Å². The van der Waals surface area contributed by atoms with Crippen LogP contribution in [0.4, 0.5) is 4.79 Å². The lowest BCUT2D eigenvalue weighted by molar-refractivity contribution is -0.149. The fourth-order valence-corrected chi connectivity index (χ4v) is 7.76. The SMILES string of the molecule is CC1=C(C(=O)NC2CCC(NC(=O)O)CC2)c2[nH]ccc2C(c2cc(C3(C)OCCO3)ccc2OCC2CC2)N1COCC[Si](C)(C)C. The van der Waals surface area contributed by atoms with Crippen molar-refractivity contribution in [1.82, 2.24) is 20.5 Å². The molecule has 1 atom stereocenters. The predicted molar refractivity (Wildman–Crippen MR) is 185 cm³/mol. The van der Waals surface area contributed by atoms with Gasteiger partial charge < -0.3 is 44.6 Å². The Bertz CT molecular complexity index is 1500. The number of ether oxygens (including phenoxy) is 4. The second kappa shape index (κ2) is 14.3. The highest BCUT2D eigenvalue weighted by atomic mass is 28.3. The topological polar surface area (TPSA) is 134 Å². The number of nitrogens with zero attached hydrogens (tertiary/aromatic N) is 1. The van der Waals surface area contributed by atoms with Gasteiger partial charge >= 0.3 is 6.09 Å². The van der Waals surface area contributed by atoms with E-state index in [0.29, 0.717) is 70.3 Å². The number of H-pyrrole nitrogens is 1. The van der Waals surface area contributed by atoms with Crippen LogP contribution in [0.2, 0.25) is 25.7 Å². The monoisotopic (exact) mass is 680 g/mol. The van der Waals surface area contributed by atoms with Crippen molar-refractivity contribution in [1.29, 1.82) is 0 Å². The maximum Gasteiger partial charge on any atom is 0.404 e. The maximum atomic E-state index is 14.2. The molecule has 2 aliphatic carbocycles. The molecule has 2 aromatic rings. The molecule has 4 N–H and O–H groups in total. The molecule has 1 aromatic heterocycles. The molecule has 48 heavy (non-hydrogen) atoms. The molecule has 1 aromatic carbocycles. The summed E-state index contributed by atoms with van der Waals surface area (Å²) < 4.78 is 25.1. The summed E-state index contributed by atoms with van der Waals surface area (Å²) in [6.07, 6.45) is 6.07. The summed E-state index contributed by atoms with van der Waals surface area (Å²) in [5.74, 6) is 0.394. The molecule has 3 fully saturated rings. The van der Waals surface area contributed by atoms with Crippen LogP contribution in [0.25, 0.3) is 5.57 Å². The lowest BCUT2D eigenvalue weighted by Crippen LogP contribution is -2.45. The first-order valence-corrected chi connectivity index (χ1v) is 21.2. The summed E-state index contributed by atoms with van der Waals surface area (Å²) in [5, 5.41) is 15.0. The van der Waals surface area contributed by atoms with Gasteiger partial charge in [0.25, 0.3) is 5.91 Å². The number of hydrogen-bond acceptors (Lipinski definition) is 7. The molecular weight excluding hydrogens is 629 g/mol. The van der Waals surface area contributed by atoms with E-state index >= 15 is 0 Å². The number of nitrogens with one attached hydrogen (secondary N) is 3. The molecule has 11 nitrogen and oxygen atoms in total. The number of rotatable bonds is 13. The number of carbonyl (C=O) groups is 2. The first kappa shape index (κ1) is 34.5. The molecular formula is C36H52N4O7Si. The van der Waals surface area contributed by atoms with Crippen molar-refractivity contribution in [3.8, 4) is 5.75 Å². The van der Waals surface area contributed by atoms with Gasteiger partial charge in [0, 0.05) is 55.3 Å². The van der Waals surface area contributed by atoms with Gasteiger partial charge in [-0.1, -0.05) is 19.6 Å². The number of aromatic amines is 1. The minimum atomic E-state index is -1.32. The van der Waals surface area contributed by atoms with E-state index in [9.17, 15) is 9.59 Å². The molecule has 3 heterocycles. The van der Waals surface area contributed by atoms with Crippen molar-refractivity contribution in [2.24, 2.45) is 5.92 Å². The summed E-state index contributed by atoms with van der Waals surface area (Å²) in [4.78, 5) is 30.9. The molecule has 262 valence electrons. The van der Waals surface area contributed by atoms with E-state index in [1.165, 1.54) is 12.8 Å². The maximum absolute atomic E-state index is 14.2. The lowest BCUT2D eigenvalue weighted by Gasteiger charge is -2.40. The molecule has 1 saturated heterocycles. The lowest BCUT2D eigenvalue weighted by atomic mass is 9.87. The van der Waals surface area contributed by atoms with Gasteiger partial charge in [0.1, 0.15) is 12.5 Å². The molecule has 2 aliphatic heterocycles. The average molecular weight is 681 g/mol. The van der Waals surface area contributed by atoms with Crippen molar-refractivity contribution < 1.29 is 33.6 Å². The third-order valence-corrected chi connectivity index (χ3v) is 11.8. The van der Waals surface area contributed by atoms with Crippen LogP contribution in [0.15, 0.2) is 36.2 Å². The Morgan fingerprint density at radius 1 is 1.02 bits per heavy atom. The first-order chi connectivity index (χ1) is 22.9. The van der Waals surface area contributed by atoms with Gasteiger partial charge in [-0.3, -0.25) is 4.79 Å². The normalized spacial score (nSPS) is 23.9. The zero-order valence-corrected chi connectivity index (χ0v) is 30.0. The Balaban J connectivity index is 1.34. The minimum Gasteiger partial charge on any atom is -0.493 e. The van der Waals surface area contributed by atoms with Crippen molar-refractivity contribution >= 4 is 25.6 Å². The minimum absolute atomic E-state index is 0.0338. The molecule has 2 saturated carbocycles. The van der Waals surface area contributed by atoms with E-state index in [1.807, 2.05) is 32.2 Å². The first-order valence-electron chi connectivity index (χ1n) is 17.5. The van der Waals surface area contributed by atoms with Gasteiger partial charge in [0.2, 0.25) is 0 Å². The second-order valence-electron chi connectivity index (χ2n) is 15.1. The van der Waals surface area contributed by atoms with Crippen LogP contribution in [0, 0.1) is 5.92 Å². The van der Waals surface area contributed by atoms with E-state index in [0.717, 1.165) is 39.9 Å². The fraction of sp³-hybridized carbons (Fsp3) is 0.611. The van der Waals surface area contributed by atoms with E-state index in [4.69, 9.17) is 24.1 Å². The van der Waals surface area contributed by atoms with E-state index in [2.05, 4.69) is 52.3 Å².